The van der Waals surface area contributed by atoms with Crippen molar-refractivity contribution in [1.82, 2.24) is 24.9 Å². The second-order valence-corrected chi connectivity index (χ2v) is 8.11. The minimum Gasteiger partial charge on any atom is -0.356 e. The van der Waals surface area contributed by atoms with Crippen LogP contribution in [0.15, 0.2) is 18.5 Å². The third-order valence-corrected chi connectivity index (χ3v) is 6.01. The summed E-state index contributed by atoms with van der Waals surface area (Å²) in [6, 6.07) is 1.91. The number of imidazole rings is 1. The lowest BCUT2D eigenvalue weighted by molar-refractivity contribution is 0.964. The van der Waals surface area contributed by atoms with Crippen LogP contribution in [0.1, 0.15) is 34.6 Å². The molecule has 4 rings (SSSR count). The fraction of sp³-hybridized carbons (Fsp3) is 0.278. The van der Waals surface area contributed by atoms with Gasteiger partial charge in [-0.25, -0.2) is 15.0 Å². The van der Waals surface area contributed by atoms with Gasteiger partial charge in [-0.1, -0.05) is 30.1 Å². The molecule has 140 valence electrons. The van der Waals surface area contributed by atoms with Crippen LogP contribution in [-0.4, -0.2) is 24.9 Å². The Morgan fingerprint density at radius 2 is 2.11 bits per heavy atom. The fourth-order valence-corrected chi connectivity index (χ4v) is 4.28. The molecule has 0 spiro atoms. The third kappa shape index (κ3) is 3.81. The minimum atomic E-state index is 0.514. The van der Waals surface area contributed by atoms with E-state index in [4.69, 9.17) is 23.2 Å². The van der Waals surface area contributed by atoms with Gasteiger partial charge in [0.1, 0.15) is 16.6 Å². The highest BCUT2D eigenvalue weighted by molar-refractivity contribution is 7.16. The van der Waals surface area contributed by atoms with Gasteiger partial charge in [0.25, 0.3) is 0 Å². The van der Waals surface area contributed by atoms with Gasteiger partial charge < -0.3 is 15.3 Å². The molecule has 4 aromatic rings. The highest BCUT2D eigenvalue weighted by Gasteiger charge is 2.14. The second kappa shape index (κ2) is 7.50. The van der Waals surface area contributed by atoms with Crippen molar-refractivity contribution in [3.05, 3.63) is 56.3 Å². The Kier molecular flexibility index (Phi) is 5.08. The Balaban J connectivity index is 1.51. The lowest BCUT2D eigenvalue weighted by Gasteiger charge is -2.00. The molecule has 0 unspecified atom stereocenters. The van der Waals surface area contributed by atoms with E-state index >= 15 is 0 Å². The molecular formula is C18H18Cl2N6S. The van der Waals surface area contributed by atoms with Crippen LogP contribution >= 0.6 is 34.5 Å². The van der Waals surface area contributed by atoms with Crippen molar-refractivity contribution < 1.29 is 0 Å². The van der Waals surface area contributed by atoms with E-state index in [0.717, 1.165) is 50.2 Å². The monoisotopic (exact) mass is 420 g/mol. The molecule has 6 nitrogen and oxygen atoms in total. The normalized spacial score (nSPS) is 11.4. The Hall–Kier alpha value is -2.09. The minimum absolute atomic E-state index is 0.514. The van der Waals surface area contributed by atoms with E-state index in [0.29, 0.717) is 23.1 Å². The van der Waals surface area contributed by atoms with Gasteiger partial charge >= 0.3 is 0 Å². The molecule has 0 amide bonds. The Morgan fingerprint density at radius 1 is 1.26 bits per heavy atom. The predicted molar refractivity (Wildman–Crippen MR) is 111 cm³/mol. The molecule has 0 radical (unpaired) electrons. The van der Waals surface area contributed by atoms with E-state index in [1.54, 1.807) is 17.5 Å². The first-order valence-corrected chi connectivity index (χ1v) is 10.2. The van der Waals surface area contributed by atoms with E-state index < -0.39 is 0 Å². The van der Waals surface area contributed by atoms with Crippen LogP contribution in [0.25, 0.3) is 11.0 Å². The molecule has 0 saturated carbocycles. The molecule has 0 aliphatic rings. The van der Waals surface area contributed by atoms with Crippen LogP contribution < -0.4 is 5.32 Å². The maximum Gasteiger partial charge on any atom is 0.184 e. The lowest BCUT2D eigenvalue weighted by atomic mass is 10.1. The molecule has 0 aromatic carbocycles. The van der Waals surface area contributed by atoms with Crippen molar-refractivity contribution in [2.75, 3.05) is 5.32 Å². The van der Waals surface area contributed by atoms with Gasteiger partial charge in [-0.2, -0.15) is 0 Å². The summed E-state index contributed by atoms with van der Waals surface area (Å²) < 4.78 is 0. The van der Waals surface area contributed by atoms with E-state index in [1.807, 2.05) is 19.2 Å². The quantitative estimate of drug-likeness (QED) is 0.404. The molecule has 0 atom stereocenters. The zero-order valence-electron chi connectivity index (χ0n) is 14.9. The maximum atomic E-state index is 6.37. The molecule has 0 aliphatic heterocycles. The van der Waals surface area contributed by atoms with Gasteiger partial charge in [0.05, 0.1) is 22.1 Å². The van der Waals surface area contributed by atoms with E-state index in [2.05, 4.69) is 37.2 Å². The van der Waals surface area contributed by atoms with E-state index in [9.17, 15) is 0 Å². The van der Waals surface area contributed by atoms with Crippen molar-refractivity contribution >= 4 is 50.7 Å². The summed E-state index contributed by atoms with van der Waals surface area (Å²) in [6.07, 6.45) is 5.13. The van der Waals surface area contributed by atoms with Crippen molar-refractivity contribution in [3.8, 4) is 0 Å². The summed E-state index contributed by atoms with van der Waals surface area (Å²) in [4.78, 5) is 20.8. The molecular weight excluding hydrogens is 403 g/mol. The maximum absolute atomic E-state index is 6.37. The summed E-state index contributed by atoms with van der Waals surface area (Å²) >= 11 is 14.0. The van der Waals surface area contributed by atoms with Crippen LogP contribution in [0, 0.1) is 6.92 Å². The van der Waals surface area contributed by atoms with Gasteiger partial charge in [0.2, 0.25) is 0 Å². The van der Waals surface area contributed by atoms with Crippen LogP contribution in [0.5, 0.6) is 0 Å². The molecule has 3 N–H and O–H groups in total. The van der Waals surface area contributed by atoms with Crippen LogP contribution in [0.3, 0.4) is 0 Å². The number of aromatic nitrogens is 5. The SMILES string of the molecule is CCc1nc(CNc2nc(Cl)c(Cc3c[nH]c4ncc(Cl)cc34)s2)c(C)[nH]1. The predicted octanol–water partition coefficient (Wildman–Crippen LogP) is 5.12. The third-order valence-electron chi connectivity index (χ3n) is 4.36. The molecule has 9 heteroatoms. The van der Waals surface area contributed by atoms with Crippen molar-refractivity contribution in [3.63, 3.8) is 0 Å². The number of nitrogens with zero attached hydrogens (tertiary/aromatic N) is 3. The summed E-state index contributed by atoms with van der Waals surface area (Å²) in [6.45, 7) is 4.72. The lowest BCUT2D eigenvalue weighted by Crippen LogP contribution is -2.00. The number of fused-ring (bicyclic) bond motifs is 1. The molecule has 0 saturated heterocycles. The summed E-state index contributed by atoms with van der Waals surface area (Å²) in [5, 5.41) is 6.24. The van der Waals surface area contributed by atoms with Crippen molar-refractivity contribution in [1.29, 1.82) is 0 Å². The van der Waals surface area contributed by atoms with Gasteiger partial charge in [-0.05, 0) is 18.6 Å². The van der Waals surface area contributed by atoms with Gasteiger partial charge in [-0.15, -0.1) is 11.3 Å². The number of anilines is 1. The average molecular weight is 421 g/mol. The molecule has 27 heavy (non-hydrogen) atoms. The molecule has 0 fully saturated rings. The Bertz CT molecular complexity index is 1100. The fourth-order valence-electron chi connectivity index (χ4n) is 2.93. The highest BCUT2D eigenvalue weighted by Crippen LogP contribution is 2.31. The van der Waals surface area contributed by atoms with Crippen LogP contribution in [0.2, 0.25) is 10.2 Å². The first-order chi connectivity index (χ1) is 13.0. The summed E-state index contributed by atoms with van der Waals surface area (Å²) in [5.74, 6) is 0.994. The summed E-state index contributed by atoms with van der Waals surface area (Å²) in [5.41, 5.74) is 3.98. The zero-order chi connectivity index (χ0) is 19.0. The van der Waals surface area contributed by atoms with Gasteiger partial charge in [-0.3, -0.25) is 0 Å². The Labute approximate surface area is 170 Å². The topological polar surface area (TPSA) is 82.3 Å². The highest BCUT2D eigenvalue weighted by atomic mass is 35.5. The number of hydrogen-bond donors (Lipinski definition) is 3. The number of H-pyrrole nitrogens is 2. The van der Waals surface area contributed by atoms with Gasteiger partial charge in [0.15, 0.2) is 5.13 Å². The largest absolute Gasteiger partial charge is 0.356 e. The van der Waals surface area contributed by atoms with Crippen LogP contribution in [-0.2, 0) is 19.4 Å². The first kappa shape index (κ1) is 18.3. The molecule has 4 aromatic heterocycles. The van der Waals surface area contributed by atoms with Crippen molar-refractivity contribution in [2.45, 2.75) is 33.2 Å². The van der Waals surface area contributed by atoms with Crippen LogP contribution in [0.4, 0.5) is 5.13 Å². The average Bonchev–Trinajstić information content (AvgIpc) is 3.31. The van der Waals surface area contributed by atoms with E-state index in [-0.39, 0.29) is 0 Å². The number of rotatable bonds is 6. The number of pyridine rings is 1. The van der Waals surface area contributed by atoms with Crippen molar-refractivity contribution in [2.24, 2.45) is 0 Å². The second-order valence-electron chi connectivity index (χ2n) is 6.24. The zero-order valence-corrected chi connectivity index (χ0v) is 17.2. The number of aryl methyl sites for hydroxylation is 2. The smallest absolute Gasteiger partial charge is 0.184 e. The molecule has 0 aliphatic carbocycles. The molecule has 0 bridgehead atoms. The number of nitrogens with one attached hydrogen (secondary N) is 3. The molecule has 4 heterocycles. The number of hydrogen-bond acceptors (Lipinski definition) is 5. The number of halogens is 2. The first-order valence-electron chi connectivity index (χ1n) is 8.58. The number of thiazole rings is 1. The van der Waals surface area contributed by atoms with Gasteiger partial charge in [0, 0.05) is 36.3 Å². The standard InChI is InChI=1S/C18H18Cl2N6S/c1-3-15-24-9(2)13(25-15)8-23-18-26-16(20)14(27-18)4-10-6-21-17-12(10)5-11(19)7-22-17/h5-7H,3-4,8H2,1-2H3,(H,21,22)(H,23,26)(H,24,25). The van der Waals surface area contributed by atoms with E-state index in [1.165, 1.54) is 0 Å². The summed E-state index contributed by atoms with van der Waals surface area (Å²) in [7, 11) is 0. The number of aromatic amines is 2. The Morgan fingerprint density at radius 3 is 2.89 bits per heavy atom.